The third-order valence-corrected chi connectivity index (χ3v) is 8.08. The molecule has 1 amide bonds. The van der Waals surface area contributed by atoms with E-state index in [0.717, 1.165) is 22.1 Å². The summed E-state index contributed by atoms with van der Waals surface area (Å²) in [5, 5.41) is 0. The second-order valence-electron chi connectivity index (χ2n) is 7.62. The van der Waals surface area contributed by atoms with Gasteiger partial charge in [-0.2, -0.15) is 4.31 Å². The van der Waals surface area contributed by atoms with Crippen molar-refractivity contribution in [1.82, 2.24) is 4.31 Å². The van der Waals surface area contributed by atoms with Crippen LogP contribution in [0.3, 0.4) is 0 Å². The number of anilines is 1. The summed E-state index contributed by atoms with van der Waals surface area (Å²) < 4.78 is 34.1. The summed E-state index contributed by atoms with van der Waals surface area (Å²) in [6.45, 7) is 3.71. The van der Waals surface area contributed by atoms with Gasteiger partial charge < -0.3 is 9.64 Å². The lowest BCUT2D eigenvalue weighted by molar-refractivity contribution is -0.123. The fourth-order valence-corrected chi connectivity index (χ4v) is 6.14. The van der Waals surface area contributed by atoms with Crippen LogP contribution in [0.5, 0.6) is 5.75 Å². The van der Waals surface area contributed by atoms with Crippen molar-refractivity contribution in [2.24, 2.45) is 5.92 Å². The highest BCUT2D eigenvalue weighted by atomic mass is 79.9. The van der Waals surface area contributed by atoms with E-state index in [-0.39, 0.29) is 23.3 Å². The quantitative estimate of drug-likeness (QED) is 0.635. The van der Waals surface area contributed by atoms with Crippen LogP contribution in [0.1, 0.15) is 25.3 Å². The van der Waals surface area contributed by atoms with Gasteiger partial charge in [-0.05, 0) is 74.2 Å². The highest BCUT2D eigenvalue weighted by Gasteiger charge is 2.37. The Kier molecular flexibility index (Phi) is 6.18. The first-order chi connectivity index (χ1) is 14.4. The molecule has 0 aliphatic carbocycles. The van der Waals surface area contributed by atoms with E-state index in [0.29, 0.717) is 38.3 Å². The summed E-state index contributed by atoms with van der Waals surface area (Å²) in [6, 6.07) is 12.4. The number of hydrogen-bond donors (Lipinski definition) is 0. The van der Waals surface area contributed by atoms with Crippen molar-refractivity contribution >= 4 is 37.5 Å². The second-order valence-corrected chi connectivity index (χ2v) is 10.5. The van der Waals surface area contributed by atoms with E-state index in [9.17, 15) is 13.2 Å². The minimum atomic E-state index is -3.65. The number of rotatable bonds is 5. The Bertz CT molecular complexity index is 1040. The Labute approximate surface area is 186 Å². The monoisotopic (exact) mass is 492 g/mol. The lowest BCUT2D eigenvalue weighted by atomic mass is 9.98. The number of carbonyl (C=O) groups excluding carboxylic acids is 1. The fourth-order valence-electron chi connectivity index (χ4n) is 4.21. The summed E-state index contributed by atoms with van der Waals surface area (Å²) in [5.74, 6) is 0.330. The molecule has 0 radical (unpaired) electrons. The zero-order valence-corrected chi connectivity index (χ0v) is 19.3. The van der Waals surface area contributed by atoms with E-state index < -0.39 is 10.0 Å². The van der Waals surface area contributed by atoms with Crippen molar-refractivity contribution in [3.8, 4) is 5.75 Å². The molecule has 1 saturated heterocycles. The molecule has 160 valence electrons. The molecule has 4 rings (SSSR count). The third kappa shape index (κ3) is 4.13. The zero-order valence-electron chi connectivity index (χ0n) is 16.9. The number of piperidine rings is 1. The van der Waals surface area contributed by atoms with Crippen LogP contribution in [0.25, 0.3) is 0 Å². The van der Waals surface area contributed by atoms with Gasteiger partial charge in [-0.15, -0.1) is 0 Å². The predicted molar refractivity (Wildman–Crippen MR) is 119 cm³/mol. The van der Waals surface area contributed by atoms with Gasteiger partial charge in [0.05, 0.1) is 17.4 Å². The molecule has 2 aromatic carbocycles. The molecule has 2 aromatic rings. The molecule has 2 aliphatic heterocycles. The largest absolute Gasteiger partial charge is 0.494 e. The van der Waals surface area contributed by atoms with Gasteiger partial charge in [-0.3, -0.25) is 4.79 Å². The van der Waals surface area contributed by atoms with Crippen LogP contribution in [-0.4, -0.2) is 44.9 Å². The molecule has 6 nitrogen and oxygen atoms in total. The van der Waals surface area contributed by atoms with E-state index in [4.69, 9.17) is 4.74 Å². The molecule has 0 bridgehead atoms. The number of benzene rings is 2. The van der Waals surface area contributed by atoms with E-state index in [1.165, 1.54) is 4.31 Å². The molecule has 1 fully saturated rings. The normalized spacial score (nSPS) is 19.5. The number of carbonyl (C=O) groups is 1. The van der Waals surface area contributed by atoms with Gasteiger partial charge in [-0.1, -0.05) is 15.9 Å². The molecular formula is C22H25BrN2O4S. The number of amides is 1. The molecule has 0 aromatic heterocycles. The molecule has 30 heavy (non-hydrogen) atoms. The maximum absolute atomic E-state index is 13.2. The van der Waals surface area contributed by atoms with Crippen molar-refractivity contribution in [2.45, 2.75) is 31.1 Å². The summed E-state index contributed by atoms with van der Waals surface area (Å²) in [5.41, 5.74) is 2.09. The van der Waals surface area contributed by atoms with E-state index in [1.807, 2.05) is 30.0 Å². The Morgan fingerprint density at radius 2 is 1.93 bits per heavy atom. The van der Waals surface area contributed by atoms with Gasteiger partial charge in [-0.25, -0.2) is 8.42 Å². The lowest BCUT2D eigenvalue weighted by Gasteiger charge is -2.33. The molecule has 0 unspecified atom stereocenters. The molecule has 8 heteroatoms. The lowest BCUT2D eigenvalue weighted by Crippen LogP contribution is -2.46. The predicted octanol–water partition coefficient (Wildman–Crippen LogP) is 3.84. The number of hydrogen-bond acceptors (Lipinski definition) is 4. The summed E-state index contributed by atoms with van der Waals surface area (Å²) in [6.07, 6.45) is 2.20. The SMILES string of the molecule is CCOc1ccc(S(=O)(=O)N2CCC[C@@H](C(=O)N3CCc4cc(Br)ccc43)C2)cc1. The first-order valence-corrected chi connectivity index (χ1v) is 12.5. The summed E-state index contributed by atoms with van der Waals surface area (Å²) in [4.78, 5) is 15.3. The van der Waals surface area contributed by atoms with E-state index in [1.54, 1.807) is 24.3 Å². The van der Waals surface area contributed by atoms with E-state index >= 15 is 0 Å². The number of ether oxygens (including phenoxy) is 1. The van der Waals surface area contributed by atoms with Gasteiger partial charge in [0.2, 0.25) is 15.9 Å². The van der Waals surface area contributed by atoms with Crippen molar-refractivity contribution < 1.29 is 17.9 Å². The van der Waals surface area contributed by atoms with Crippen LogP contribution in [0.15, 0.2) is 51.8 Å². The average Bonchev–Trinajstić information content (AvgIpc) is 3.17. The van der Waals surface area contributed by atoms with Crippen molar-refractivity contribution in [3.63, 3.8) is 0 Å². The maximum Gasteiger partial charge on any atom is 0.243 e. The maximum atomic E-state index is 13.2. The first kappa shape index (κ1) is 21.3. The van der Waals surface area contributed by atoms with Gasteiger partial charge in [0.25, 0.3) is 0 Å². The molecular weight excluding hydrogens is 468 g/mol. The number of halogens is 1. The topological polar surface area (TPSA) is 66.9 Å². The highest BCUT2D eigenvalue weighted by molar-refractivity contribution is 9.10. The number of fused-ring (bicyclic) bond motifs is 1. The van der Waals surface area contributed by atoms with Gasteiger partial charge in [0, 0.05) is 29.8 Å². The standard InChI is InChI=1S/C22H25BrN2O4S/c1-2-29-19-6-8-20(9-7-19)30(27,28)24-12-3-4-17(15-24)22(26)25-13-11-16-14-18(23)5-10-21(16)25/h5-10,14,17H,2-4,11-13,15H2,1H3/t17-/m1/s1. The smallest absolute Gasteiger partial charge is 0.243 e. The van der Waals surface area contributed by atoms with Crippen LogP contribution in [-0.2, 0) is 21.2 Å². The van der Waals surface area contributed by atoms with Gasteiger partial charge in [0.15, 0.2) is 0 Å². The van der Waals surface area contributed by atoms with Crippen LogP contribution in [0.2, 0.25) is 0 Å². The fraction of sp³-hybridized carbons (Fsp3) is 0.409. The molecule has 0 spiro atoms. The minimum Gasteiger partial charge on any atom is -0.494 e. The number of nitrogens with zero attached hydrogens (tertiary/aromatic N) is 2. The van der Waals surface area contributed by atoms with Crippen LogP contribution >= 0.6 is 15.9 Å². The Balaban J connectivity index is 1.50. The highest BCUT2D eigenvalue weighted by Crippen LogP contribution is 2.33. The molecule has 0 saturated carbocycles. The minimum absolute atomic E-state index is 0.0164. The van der Waals surface area contributed by atoms with Crippen molar-refractivity contribution in [2.75, 3.05) is 31.1 Å². The second kappa shape index (κ2) is 8.69. The van der Waals surface area contributed by atoms with Gasteiger partial charge >= 0.3 is 0 Å². The van der Waals surface area contributed by atoms with Crippen molar-refractivity contribution in [1.29, 1.82) is 0 Å². The average molecular weight is 493 g/mol. The Morgan fingerprint density at radius 1 is 1.17 bits per heavy atom. The Morgan fingerprint density at radius 3 is 2.67 bits per heavy atom. The Hall–Kier alpha value is -1.90. The summed E-state index contributed by atoms with van der Waals surface area (Å²) >= 11 is 3.48. The van der Waals surface area contributed by atoms with Crippen LogP contribution < -0.4 is 9.64 Å². The first-order valence-electron chi connectivity index (χ1n) is 10.2. The van der Waals surface area contributed by atoms with Crippen molar-refractivity contribution in [3.05, 3.63) is 52.5 Å². The van der Waals surface area contributed by atoms with Gasteiger partial charge in [0.1, 0.15) is 5.75 Å². The molecule has 0 N–H and O–H groups in total. The van der Waals surface area contributed by atoms with Crippen LogP contribution in [0, 0.1) is 5.92 Å². The molecule has 2 heterocycles. The van der Waals surface area contributed by atoms with E-state index in [2.05, 4.69) is 15.9 Å². The summed E-state index contributed by atoms with van der Waals surface area (Å²) in [7, 11) is -3.65. The zero-order chi connectivity index (χ0) is 21.3. The molecule has 1 atom stereocenters. The van der Waals surface area contributed by atoms with Crippen LogP contribution in [0.4, 0.5) is 5.69 Å². The number of sulfonamides is 1. The third-order valence-electron chi connectivity index (χ3n) is 5.71. The molecule has 2 aliphatic rings.